The fourth-order valence-corrected chi connectivity index (χ4v) is 3.02. The molecule has 1 heterocycles. The predicted molar refractivity (Wildman–Crippen MR) is 61.9 cm³/mol. The Kier molecular flexibility index (Phi) is 3.69. The number of allylic oxidation sites excluding steroid dienone is 2. The third-order valence-electron chi connectivity index (χ3n) is 3.92. The molecule has 1 spiro atoms. The molecule has 1 aliphatic heterocycles. The lowest BCUT2D eigenvalue weighted by atomic mass is 9.71. The fourth-order valence-electron chi connectivity index (χ4n) is 3.02. The molecule has 5 heteroatoms. The molecule has 0 unspecified atom stereocenters. The van der Waals surface area contributed by atoms with Crippen molar-refractivity contribution in [1.82, 2.24) is 4.90 Å². The summed E-state index contributed by atoms with van der Waals surface area (Å²) in [5.41, 5.74) is 0.0360. The van der Waals surface area contributed by atoms with Gasteiger partial charge in [-0.3, -0.25) is 4.79 Å². The number of hydrogen-bond donors (Lipinski definition) is 0. The molecule has 0 N–H and O–H groups in total. The zero-order valence-corrected chi connectivity index (χ0v) is 10.3. The van der Waals surface area contributed by atoms with E-state index in [1.165, 1.54) is 4.90 Å². The van der Waals surface area contributed by atoms with Crippen LogP contribution in [0.4, 0.5) is 13.2 Å². The van der Waals surface area contributed by atoms with Crippen molar-refractivity contribution in [2.45, 2.75) is 44.7 Å². The van der Waals surface area contributed by atoms with Gasteiger partial charge >= 0.3 is 6.18 Å². The highest BCUT2D eigenvalue weighted by atomic mass is 19.4. The fraction of sp³-hybridized carbons (Fsp3) is 0.769. The van der Waals surface area contributed by atoms with Crippen LogP contribution in [0, 0.1) is 5.41 Å². The molecule has 2 nitrogen and oxygen atoms in total. The predicted octanol–water partition coefficient (Wildman–Crippen LogP) is 3.29. The van der Waals surface area contributed by atoms with Crippen LogP contribution in [0.5, 0.6) is 0 Å². The lowest BCUT2D eigenvalue weighted by molar-refractivity contribution is -0.163. The van der Waals surface area contributed by atoms with E-state index in [4.69, 9.17) is 0 Å². The molecule has 1 saturated heterocycles. The maximum Gasteiger partial charge on any atom is 0.397 e. The van der Waals surface area contributed by atoms with Gasteiger partial charge in [0.2, 0.25) is 5.91 Å². The first-order valence-corrected chi connectivity index (χ1v) is 6.40. The zero-order valence-electron chi connectivity index (χ0n) is 10.3. The second-order valence-corrected chi connectivity index (χ2v) is 5.43. The van der Waals surface area contributed by atoms with Gasteiger partial charge in [0.1, 0.15) is 6.42 Å². The SMILES string of the molecule is O=C(CC(F)(F)F)N1CCC[C@@]2(CC=CCC2)C1. The van der Waals surface area contributed by atoms with Gasteiger partial charge in [0, 0.05) is 13.1 Å². The summed E-state index contributed by atoms with van der Waals surface area (Å²) in [6.45, 7) is 0.965. The van der Waals surface area contributed by atoms with Gasteiger partial charge in [-0.05, 0) is 37.5 Å². The molecule has 2 rings (SSSR count). The maximum atomic E-state index is 12.2. The minimum Gasteiger partial charge on any atom is -0.342 e. The normalized spacial score (nSPS) is 28.7. The summed E-state index contributed by atoms with van der Waals surface area (Å²) < 4.78 is 36.7. The molecule has 0 radical (unpaired) electrons. The van der Waals surface area contributed by atoms with Crippen molar-refractivity contribution in [3.05, 3.63) is 12.2 Å². The molecule has 102 valence electrons. The summed E-state index contributed by atoms with van der Waals surface area (Å²) in [7, 11) is 0. The molecule has 2 aliphatic rings. The number of carbonyl (C=O) groups excluding carboxylic acids is 1. The number of likely N-dealkylation sites (tertiary alicyclic amines) is 1. The van der Waals surface area contributed by atoms with Crippen LogP contribution in [-0.2, 0) is 4.79 Å². The number of piperidine rings is 1. The number of amides is 1. The molecule has 0 aromatic carbocycles. The van der Waals surface area contributed by atoms with Crippen LogP contribution in [0.2, 0.25) is 0 Å². The first kappa shape index (κ1) is 13.4. The van der Waals surface area contributed by atoms with Gasteiger partial charge < -0.3 is 4.90 Å². The van der Waals surface area contributed by atoms with Gasteiger partial charge in [0.15, 0.2) is 0 Å². The number of hydrogen-bond acceptors (Lipinski definition) is 1. The van der Waals surface area contributed by atoms with Crippen molar-refractivity contribution in [2.24, 2.45) is 5.41 Å². The third-order valence-corrected chi connectivity index (χ3v) is 3.92. The second-order valence-electron chi connectivity index (χ2n) is 5.43. The Morgan fingerprint density at radius 2 is 2.06 bits per heavy atom. The highest BCUT2D eigenvalue weighted by Gasteiger charge is 2.39. The van der Waals surface area contributed by atoms with Crippen LogP contribution in [0.25, 0.3) is 0 Å². The first-order chi connectivity index (χ1) is 8.40. The number of halogens is 3. The monoisotopic (exact) mass is 261 g/mol. The Morgan fingerprint density at radius 1 is 1.28 bits per heavy atom. The van der Waals surface area contributed by atoms with Gasteiger partial charge in [0.25, 0.3) is 0 Å². The Labute approximate surface area is 105 Å². The van der Waals surface area contributed by atoms with Crippen molar-refractivity contribution in [3.8, 4) is 0 Å². The molecule has 1 amide bonds. The Hall–Kier alpha value is -1.00. The van der Waals surface area contributed by atoms with E-state index in [0.717, 1.165) is 32.1 Å². The van der Waals surface area contributed by atoms with Gasteiger partial charge in [-0.25, -0.2) is 0 Å². The molecular formula is C13H18F3NO. The van der Waals surface area contributed by atoms with E-state index >= 15 is 0 Å². The topological polar surface area (TPSA) is 20.3 Å². The number of rotatable bonds is 1. The average Bonchev–Trinajstić information content (AvgIpc) is 2.28. The van der Waals surface area contributed by atoms with E-state index < -0.39 is 18.5 Å². The van der Waals surface area contributed by atoms with Gasteiger partial charge in [-0.15, -0.1) is 0 Å². The summed E-state index contributed by atoms with van der Waals surface area (Å²) >= 11 is 0. The van der Waals surface area contributed by atoms with E-state index in [0.29, 0.717) is 13.1 Å². The van der Waals surface area contributed by atoms with Crippen LogP contribution >= 0.6 is 0 Å². The van der Waals surface area contributed by atoms with Gasteiger partial charge in [-0.1, -0.05) is 12.2 Å². The molecular weight excluding hydrogens is 243 g/mol. The van der Waals surface area contributed by atoms with Crippen molar-refractivity contribution in [2.75, 3.05) is 13.1 Å². The third kappa shape index (κ3) is 3.27. The van der Waals surface area contributed by atoms with Crippen LogP contribution in [0.3, 0.4) is 0 Å². The summed E-state index contributed by atoms with van der Waals surface area (Å²) in [6, 6.07) is 0. The quantitative estimate of drug-likeness (QED) is 0.663. The minimum absolute atomic E-state index is 0.0360. The molecule has 18 heavy (non-hydrogen) atoms. The number of carbonyl (C=O) groups is 1. The molecule has 0 aromatic heterocycles. The molecule has 0 aromatic rings. The van der Waals surface area contributed by atoms with Crippen LogP contribution < -0.4 is 0 Å². The minimum atomic E-state index is -4.39. The highest BCUT2D eigenvalue weighted by molar-refractivity contribution is 5.77. The van der Waals surface area contributed by atoms with Gasteiger partial charge in [-0.2, -0.15) is 13.2 Å². The van der Waals surface area contributed by atoms with Crippen molar-refractivity contribution >= 4 is 5.91 Å². The molecule has 1 atom stereocenters. The van der Waals surface area contributed by atoms with E-state index in [1.54, 1.807) is 0 Å². The Bertz CT molecular complexity index is 351. The molecule has 0 bridgehead atoms. The summed E-state index contributed by atoms with van der Waals surface area (Å²) in [5.74, 6) is -0.767. The smallest absolute Gasteiger partial charge is 0.342 e. The van der Waals surface area contributed by atoms with E-state index in [9.17, 15) is 18.0 Å². The maximum absolute atomic E-state index is 12.2. The zero-order chi connectivity index (χ0) is 13.2. The highest BCUT2D eigenvalue weighted by Crippen LogP contribution is 2.41. The van der Waals surface area contributed by atoms with E-state index in [-0.39, 0.29) is 5.41 Å². The summed E-state index contributed by atoms with van der Waals surface area (Å²) in [6.07, 6.45) is 3.18. The lowest BCUT2D eigenvalue weighted by Gasteiger charge is -2.44. The van der Waals surface area contributed by atoms with E-state index in [2.05, 4.69) is 12.2 Å². The van der Waals surface area contributed by atoms with Crippen LogP contribution in [-0.4, -0.2) is 30.1 Å². The lowest BCUT2D eigenvalue weighted by Crippen LogP contribution is -2.47. The Balaban J connectivity index is 1.98. The largest absolute Gasteiger partial charge is 0.397 e. The second kappa shape index (κ2) is 4.94. The molecule has 1 fully saturated rings. The van der Waals surface area contributed by atoms with Crippen molar-refractivity contribution < 1.29 is 18.0 Å². The standard InChI is InChI=1S/C13H18F3NO/c14-13(15,16)9-11(18)17-8-4-7-12(10-17)5-2-1-3-6-12/h1-2H,3-10H2/t12-/m0/s1. The van der Waals surface area contributed by atoms with Gasteiger partial charge in [0.05, 0.1) is 0 Å². The average molecular weight is 261 g/mol. The number of nitrogens with zero attached hydrogens (tertiary/aromatic N) is 1. The molecule has 0 saturated carbocycles. The summed E-state index contributed by atoms with van der Waals surface area (Å²) in [4.78, 5) is 13.0. The van der Waals surface area contributed by atoms with Crippen molar-refractivity contribution in [1.29, 1.82) is 0 Å². The first-order valence-electron chi connectivity index (χ1n) is 6.40. The summed E-state index contributed by atoms with van der Waals surface area (Å²) in [5, 5.41) is 0. The number of alkyl halides is 3. The van der Waals surface area contributed by atoms with Crippen LogP contribution in [0.1, 0.15) is 38.5 Å². The molecule has 1 aliphatic carbocycles. The van der Waals surface area contributed by atoms with Crippen LogP contribution in [0.15, 0.2) is 12.2 Å². The van der Waals surface area contributed by atoms with Crippen molar-refractivity contribution in [3.63, 3.8) is 0 Å². The Morgan fingerprint density at radius 3 is 2.67 bits per heavy atom. The van der Waals surface area contributed by atoms with E-state index in [1.807, 2.05) is 0 Å².